The zero-order valence-corrected chi connectivity index (χ0v) is 9.57. The molecule has 0 spiro atoms. The van der Waals surface area contributed by atoms with E-state index in [4.69, 9.17) is 15.0 Å². The average molecular weight is 211 g/mol. The molecule has 1 fully saturated rings. The molecule has 2 N–H and O–H groups in total. The zero-order valence-electron chi connectivity index (χ0n) is 9.57. The van der Waals surface area contributed by atoms with Crippen molar-refractivity contribution in [2.45, 2.75) is 50.9 Å². The molecule has 1 aliphatic heterocycles. The van der Waals surface area contributed by atoms with Crippen LogP contribution in [0.25, 0.3) is 0 Å². The first-order chi connectivity index (χ1) is 6.77. The smallest absolute Gasteiger partial charge is 0.213 e. The molecule has 0 bridgehead atoms. The Labute approximate surface area is 89.0 Å². The van der Waals surface area contributed by atoms with E-state index in [0.717, 1.165) is 0 Å². The molecule has 1 unspecified atom stereocenters. The summed E-state index contributed by atoms with van der Waals surface area (Å²) >= 11 is 0. The quantitative estimate of drug-likeness (QED) is 0.755. The Kier molecular flexibility index (Phi) is 1.97. The molecule has 0 saturated carbocycles. The minimum absolute atomic E-state index is 0.265. The molecule has 5 heteroatoms. The minimum atomic E-state index is -0.691. The molecule has 15 heavy (non-hydrogen) atoms. The Morgan fingerprint density at radius 3 is 2.40 bits per heavy atom. The van der Waals surface area contributed by atoms with Crippen LogP contribution in [-0.4, -0.2) is 21.3 Å². The number of nitrogens with zero attached hydrogens (tertiary/aromatic N) is 2. The van der Waals surface area contributed by atoms with E-state index < -0.39 is 11.1 Å². The highest BCUT2D eigenvalue weighted by molar-refractivity contribution is 5.17. The van der Waals surface area contributed by atoms with E-state index in [-0.39, 0.29) is 5.60 Å². The largest absolute Gasteiger partial charge is 0.367 e. The van der Waals surface area contributed by atoms with Crippen LogP contribution < -0.4 is 5.73 Å². The lowest BCUT2D eigenvalue weighted by atomic mass is 9.79. The third kappa shape index (κ3) is 1.46. The van der Waals surface area contributed by atoms with Crippen molar-refractivity contribution in [3.05, 3.63) is 12.2 Å². The van der Waals surface area contributed by atoms with Crippen molar-refractivity contribution < 1.29 is 9.26 Å². The fourth-order valence-corrected chi connectivity index (χ4v) is 2.42. The molecule has 2 heterocycles. The van der Waals surface area contributed by atoms with E-state index in [9.17, 15) is 0 Å². The summed E-state index contributed by atoms with van der Waals surface area (Å²) in [5.74, 6) is 0.512. The Bertz CT molecular complexity index is 359. The van der Waals surface area contributed by atoms with Crippen molar-refractivity contribution in [2.24, 2.45) is 5.73 Å². The normalized spacial score (nSPS) is 33.1. The van der Waals surface area contributed by atoms with Crippen LogP contribution >= 0.6 is 0 Å². The third-order valence-corrected chi connectivity index (χ3v) is 3.07. The Morgan fingerprint density at radius 1 is 1.33 bits per heavy atom. The van der Waals surface area contributed by atoms with Gasteiger partial charge in [-0.3, -0.25) is 0 Å². The summed E-state index contributed by atoms with van der Waals surface area (Å²) in [5.41, 5.74) is 4.91. The van der Waals surface area contributed by atoms with Crippen molar-refractivity contribution in [3.8, 4) is 0 Å². The molecule has 0 aliphatic carbocycles. The summed E-state index contributed by atoms with van der Waals surface area (Å²) in [4.78, 5) is 4.05. The number of hydrogen-bond acceptors (Lipinski definition) is 5. The molecule has 2 rings (SSSR count). The number of nitrogens with two attached hydrogens (primary N) is 1. The summed E-state index contributed by atoms with van der Waals surface area (Å²) in [6.07, 6.45) is 1.97. The predicted molar refractivity (Wildman–Crippen MR) is 54.0 cm³/mol. The van der Waals surface area contributed by atoms with Crippen molar-refractivity contribution >= 4 is 0 Å². The van der Waals surface area contributed by atoms with Crippen molar-refractivity contribution in [1.29, 1.82) is 0 Å². The summed E-state index contributed by atoms with van der Waals surface area (Å²) < 4.78 is 10.7. The van der Waals surface area contributed by atoms with Gasteiger partial charge in [0.25, 0.3) is 0 Å². The van der Waals surface area contributed by atoms with Gasteiger partial charge >= 0.3 is 0 Å². The first-order valence-electron chi connectivity index (χ1n) is 5.03. The second kappa shape index (κ2) is 2.80. The SMILES string of the molecule is CC1(C)CC(N)(c2ncon2)C(C)(C)O1. The predicted octanol–water partition coefficient (Wildman–Crippen LogP) is 1.20. The maximum atomic E-state index is 6.37. The van der Waals surface area contributed by atoms with Gasteiger partial charge in [-0.2, -0.15) is 4.98 Å². The number of ether oxygens (including phenoxy) is 1. The first-order valence-corrected chi connectivity index (χ1v) is 5.03. The van der Waals surface area contributed by atoms with Crippen LogP contribution in [-0.2, 0) is 10.3 Å². The van der Waals surface area contributed by atoms with Gasteiger partial charge in [0.2, 0.25) is 6.39 Å². The topological polar surface area (TPSA) is 74.2 Å². The van der Waals surface area contributed by atoms with E-state index in [1.807, 2.05) is 27.7 Å². The van der Waals surface area contributed by atoms with Crippen molar-refractivity contribution in [1.82, 2.24) is 10.1 Å². The van der Waals surface area contributed by atoms with Gasteiger partial charge in [0.15, 0.2) is 5.82 Å². The van der Waals surface area contributed by atoms with Gasteiger partial charge in [-0.15, -0.1) is 0 Å². The maximum Gasteiger partial charge on any atom is 0.213 e. The molecule has 1 saturated heterocycles. The first kappa shape index (κ1) is 10.6. The highest BCUT2D eigenvalue weighted by atomic mass is 16.5. The third-order valence-electron chi connectivity index (χ3n) is 3.07. The van der Waals surface area contributed by atoms with E-state index in [1.165, 1.54) is 6.39 Å². The molecule has 84 valence electrons. The number of hydrogen-bond donors (Lipinski definition) is 1. The highest BCUT2D eigenvalue weighted by Crippen LogP contribution is 2.47. The van der Waals surface area contributed by atoms with Crippen LogP contribution in [0.1, 0.15) is 39.9 Å². The minimum Gasteiger partial charge on any atom is -0.367 e. The lowest BCUT2D eigenvalue weighted by Gasteiger charge is -2.33. The second-order valence-corrected chi connectivity index (χ2v) is 5.28. The van der Waals surface area contributed by atoms with E-state index in [1.54, 1.807) is 0 Å². The van der Waals surface area contributed by atoms with E-state index >= 15 is 0 Å². The van der Waals surface area contributed by atoms with Gasteiger partial charge in [0, 0.05) is 6.42 Å². The molecule has 5 nitrogen and oxygen atoms in total. The average Bonchev–Trinajstić information content (AvgIpc) is 2.55. The van der Waals surface area contributed by atoms with Crippen LogP contribution in [0.5, 0.6) is 0 Å². The molecule has 1 aliphatic rings. The fraction of sp³-hybridized carbons (Fsp3) is 0.800. The number of aromatic nitrogens is 2. The Balaban J connectivity index is 2.44. The van der Waals surface area contributed by atoms with Gasteiger partial charge in [0.1, 0.15) is 5.54 Å². The lowest BCUT2D eigenvalue weighted by Crippen LogP contribution is -2.51. The Morgan fingerprint density at radius 2 is 2.00 bits per heavy atom. The summed E-state index contributed by atoms with van der Waals surface area (Å²) in [6, 6.07) is 0. The van der Waals surface area contributed by atoms with Gasteiger partial charge in [-0.25, -0.2) is 0 Å². The van der Waals surface area contributed by atoms with Gasteiger partial charge < -0.3 is 15.0 Å². The molecule has 1 aromatic heterocycles. The van der Waals surface area contributed by atoms with Gasteiger partial charge in [-0.1, -0.05) is 5.16 Å². The van der Waals surface area contributed by atoms with Crippen LogP contribution in [0.15, 0.2) is 10.9 Å². The van der Waals surface area contributed by atoms with Gasteiger partial charge in [0.05, 0.1) is 11.2 Å². The van der Waals surface area contributed by atoms with E-state index in [2.05, 4.69) is 10.1 Å². The molecular formula is C10H17N3O2. The molecule has 0 amide bonds. The summed E-state index contributed by atoms with van der Waals surface area (Å²) in [6.45, 7) is 7.95. The lowest BCUT2D eigenvalue weighted by molar-refractivity contribution is -0.0805. The maximum absolute atomic E-state index is 6.37. The Hall–Kier alpha value is -0.940. The molecule has 1 atom stereocenters. The van der Waals surface area contributed by atoms with Gasteiger partial charge in [-0.05, 0) is 27.7 Å². The zero-order chi connectivity index (χ0) is 11.3. The summed E-state index contributed by atoms with van der Waals surface area (Å²) in [5, 5.41) is 3.84. The molecule has 0 aromatic carbocycles. The van der Waals surface area contributed by atoms with E-state index in [0.29, 0.717) is 12.2 Å². The van der Waals surface area contributed by atoms with Crippen LogP contribution in [0.3, 0.4) is 0 Å². The summed E-state index contributed by atoms with van der Waals surface area (Å²) in [7, 11) is 0. The molecule has 0 radical (unpaired) electrons. The molecular weight excluding hydrogens is 194 g/mol. The van der Waals surface area contributed by atoms with Crippen molar-refractivity contribution in [3.63, 3.8) is 0 Å². The second-order valence-electron chi connectivity index (χ2n) is 5.28. The highest BCUT2D eigenvalue weighted by Gasteiger charge is 2.58. The molecule has 1 aromatic rings. The van der Waals surface area contributed by atoms with Crippen LogP contribution in [0.4, 0.5) is 0 Å². The standard InChI is InChI=1S/C10H17N3O2/c1-8(2)5-10(11,9(3,4)15-8)7-12-6-14-13-7/h6H,5,11H2,1-4H3. The van der Waals surface area contributed by atoms with Crippen molar-refractivity contribution in [2.75, 3.05) is 0 Å². The monoisotopic (exact) mass is 211 g/mol. The van der Waals surface area contributed by atoms with Crippen LogP contribution in [0.2, 0.25) is 0 Å². The van der Waals surface area contributed by atoms with Crippen LogP contribution in [0, 0.1) is 0 Å². The fourth-order valence-electron chi connectivity index (χ4n) is 2.42. The number of rotatable bonds is 1.